The predicted molar refractivity (Wildman–Crippen MR) is 90.5 cm³/mol. The van der Waals surface area contributed by atoms with Crippen molar-refractivity contribution >= 4 is 5.78 Å². The number of hydrogen-bond acceptors (Lipinski definition) is 3. The van der Waals surface area contributed by atoms with Crippen LogP contribution in [0.4, 0.5) is 0 Å². The number of benzene rings is 1. The summed E-state index contributed by atoms with van der Waals surface area (Å²) in [6.07, 6.45) is 6.74. The molecule has 0 aromatic heterocycles. The van der Waals surface area contributed by atoms with Gasteiger partial charge in [0.2, 0.25) is 0 Å². The highest BCUT2D eigenvalue weighted by atomic mass is 16.5. The van der Waals surface area contributed by atoms with Crippen LogP contribution in [0.25, 0.3) is 0 Å². The summed E-state index contributed by atoms with van der Waals surface area (Å²) in [6, 6.07) is 8.93. The molecular formula is C20H27NO2. The Labute approximate surface area is 138 Å². The van der Waals surface area contributed by atoms with Crippen LogP contribution < -0.4 is 10.1 Å². The van der Waals surface area contributed by atoms with Gasteiger partial charge in [-0.1, -0.05) is 18.6 Å². The molecule has 3 nitrogen and oxygen atoms in total. The molecule has 3 fully saturated rings. The lowest BCUT2D eigenvalue weighted by Crippen LogP contribution is -2.56. The van der Waals surface area contributed by atoms with Gasteiger partial charge in [-0.25, -0.2) is 0 Å². The third kappa shape index (κ3) is 2.80. The van der Waals surface area contributed by atoms with Gasteiger partial charge in [0, 0.05) is 18.4 Å². The van der Waals surface area contributed by atoms with Crippen molar-refractivity contribution in [3.63, 3.8) is 0 Å². The van der Waals surface area contributed by atoms with Crippen LogP contribution in [-0.2, 0) is 11.2 Å². The van der Waals surface area contributed by atoms with Gasteiger partial charge < -0.3 is 10.1 Å². The standard InChI is InChI=1S/C20H27NO2/c1-23-15-7-5-13(6-8-15)11-17-16-3-2-4-18-20(16)14(9-10-21-18)12-19(17)22/h5-8,14,16-18,20-21H,2-4,9-12H2,1H3/t14-,16+,17+,18+,20+/m1/s1. The van der Waals surface area contributed by atoms with Crippen molar-refractivity contribution in [2.24, 2.45) is 23.7 Å². The number of hydrogen-bond donors (Lipinski definition) is 1. The molecule has 124 valence electrons. The minimum absolute atomic E-state index is 0.229. The van der Waals surface area contributed by atoms with Crippen molar-refractivity contribution in [3.05, 3.63) is 29.8 Å². The first-order valence-corrected chi connectivity index (χ1v) is 9.15. The van der Waals surface area contributed by atoms with Gasteiger partial charge in [-0.05, 0) is 67.7 Å². The van der Waals surface area contributed by atoms with Gasteiger partial charge in [-0.2, -0.15) is 0 Å². The first kappa shape index (κ1) is 15.2. The van der Waals surface area contributed by atoms with E-state index in [9.17, 15) is 4.79 Å². The Morgan fingerprint density at radius 1 is 1.17 bits per heavy atom. The van der Waals surface area contributed by atoms with E-state index in [1.165, 1.54) is 31.2 Å². The summed E-state index contributed by atoms with van der Waals surface area (Å²) in [7, 11) is 1.69. The molecule has 5 atom stereocenters. The highest BCUT2D eigenvalue weighted by molar-refractivity contribution is 5.83. The van der Waals surface area contributed by atoms with Crippen LogP contribution in [0, 0.1) is 23.7 Å². The van der Waals surface area contributed by atoms with Gasteiger partial charge in [-0.15, -0.1) is 0 Å². The van der Waals surface area contributed by atoms with Crippen LogP contribution in [0.2, 0.25) is 0 Å². The van der Waals surface area contributed by atoms with E-state index in [0.717, 1.165) is 31.1 Å². The second-order valence-electron chi connectivity index (χ2n) is 7.61. The quantitative estimate of drug-likeness (QED) is 0.931. The van der Waals surface area contributed by atoms with E-state index in [1.807, 2.05) is 12.1 Å². The average molecular weight is 313 g/mol. The Hall–Kier alpha value is -1.35. The number of carbonyl (C=O) groups excluding carboxylic acids is 1. The van der Waals surface area contributed by atoms with Crippen LogP contribution in [0.1, 0.15) is 37.7 Å². The van der Waals surface area contributed by atoms with Crippen LogP contribution in [0.5, 0.6) is 5.75 Å². The second kappa shape index (κ2) is 6.27. The molecule has 1 aromatic carbocycles. The third-order valence-corrected chi connectivity index (χ3v) is 6.49. The number of piperidine rings is 1. The summed E-state index contributed by atoms with van der Waals surface area (Å²) >= 11 is 0. The Morgan fingerprint density at radius 3 is 2.78 bits per heavy atom. The van der Waals surface area contributed by atoms with Crippen LogP contribution in [-0.4, -0.2) is 25.5 Å². The Morgan fingerprint density at radius 2 is 2.00 bits per heavy atom. The molecule has 2 saturated carbocycles. The van der Waals surface area contributed by atoms with Crippen LogP contribution >= 0.6 is 0 Å². The minimum atomic E-state index is 0.229. The van der Waals surface area contributed by atoms with Crippen molar-refractivity contribution < 1.29 is 9.53 Å². The van der Waals surface area contributed by atoms with E-state index < -0.39 is 0 Å². The number of nitrogens with one attached hydrogen (secondary N) is 1. The SMILES string of the molecule is COc1ccc(C[C@@H]2C(=O)C[C@H]3CCN[C@H]4CCC[C@@H]2[C@H]34)cc1. The van der Waals surface area contributed by atoms with Crippen molar-refractivity contribution in [2.75, 3.05) is 13.7 Å². The Bertz CT molecular complexity index is 566. The summed E-state index contributed by atoms with van der Waals surface area (Å²) in [6.45, 7) is 1.11. The summed E-state index contributed by atoms with van der Waals surface area (Å²) in [5.41, 5.74) is 1.27. The fourth-order valence-electron chi connectivity index (χ4n) is 5.46. The summed E-state index contributed by atoms with van der Waals surface area (Å²) in [5, 5.41) is 3.74. The van der Waals surface area contributed by atoms with Gasteiger partial charge in [0.15, 0.2) is 0 Å². The fourth-order valence-corrected chi connectivity index (χ4v) is 5.46. The Kier molecular flexibility index (Phi) is 4.14. The lowest BCUT2D eigenvalue weighted by molar-refractivity contribution is -0.134. The van der Waals surface area contributed by atoms with Crippen LogP contribution in [0.15, 0.2) is 24.3 Å². The van der Waals surface area contributed by atoms with Crippen LogP contribution in [0.3, 0.4) is 0 Å². The summed E-state index contributed by atoms with van der Waals surface area (Å²) < 4.78 is 5.24. The zero-order chi connectivity index (χ0) is 15.8. The predicted octanol–water partition coefficient (Wildman–Crippen LogP) is 3.22. The van der Waals surface area contributed by atoms with Crippen molar-refractivity contribution in [1.29, 1.82) is 0 Å². The molecule has 0 unspecified atom stereocenters. The van der Waals surface area contributed by atoms with Gasteiger partial charge in [0.1, 0.15) is 11.5 Å². The molecule has 1 heterocycles. The van der Waals surface area contributed by atoms with Crippen molar-refractivity contribution in [3.8, 4) is 5.75 Å². The number of methoxy groups -OCH3 is 1. The van der Waals surface area contributed by atoms with Crippen molar-refractivity contribution in [2.45, 2.75) is 44.6 Å². The molecule has 1 saturated heterocycles. The van der Waals surface area contributed by atoms with Gasteiger partial charge in [-0.3, -0.25) is 4.79 Å². The molecule has 3 aliphatic rings. The van der Waals surface area contributed by atoms with Gasteiger partial charge >= 0.3 is 0 Å². The average Bonchev–Trinajstić information content (AvgIpc) is 2.59. The van der Waals surface area contributed by atoms with E-state index in [1.54, 1.807) is 7.11 Å². The molecule has 0 radical (unpaired) electrons. The van der Waals surface area contributed by atoms with E-state index in [4.69, 9.17) is 4.74 Å². The van der Waals surface area contributed by atoms with E-state index in [-0.39, 0.29) is 5.92 Å². The van der Waals surface area contributed by atoms with Gasteiger partial charge in [0.05, 0.1) is 7.11 Å². The maximum Gasteiger partial charge on any atom is 0.136 e. The number of Topliss-reactive ketones (excluding diaryl/α,β-unsaturated/α-hetero) is 1. The molecule has 3 heteroatoms. The molecule has 1 aliphatic heterocycles. The number of rotatable bonds is 3. The second-order valence-corrected chi connectivity index (χ2v) is 7.61. The topological polar surface area (TPSA) is 38.3 Å². The number of ether oxygens (including phenoxy) is 1. The summed E-state index contributed by atoms with van der Waals surface area (Å²) in [4.78, 5) is 12.8. The molecule has 1 N–H and O–H groups in total. The molecule has 0 spiro atoms. The first-order valence-electron chi connectivity index (χ1n) is 9.15. The zero-order valence-electron chi connectivity index (χ0n) is 14.0. The van der Waals surface area contributed by atoms with E-state index in [2.05, 4.69) is 17.4 Å². The maximum absolute atomic E-state index is 12.8. The smallest absolute Gasteiger partial charge is 0.136 e. The molecule has 0 amide bonds. The minimum Gasteiger partial charge on any atom is -0.497 e. The normalized spacial score (nSPS) is 36.4. The van der Waals surface area contributed by atoms with E-state index in [0.29, 0.717) is 23.7 Å². The van der Waals surface area contributed by atoms with E-state index >= 15 is 0 Å². The third-order valence-electron chi connectivity index (χ3n) is 6.49. The zero-order valence-corrected chi connectivity index (χ0v) is 14.0. The lowest BCUT2D eigenvalue weighted by atomic mass is 9.56. The Balaban J connectivity index is 1.55. The highest BCUT2D eigenvalue weighted by Crippen LogP contribution is 2.48. The lowest BCUT2D eigenvalue weighted by Gasteiger charge is -2.52. The molecular weight excluding hydrogens is 286 g/mol. The highest BCUT2D eigenvalue weighted by Gasteiger charge is 2.49. The summed E-state index contributed by atoms with van der Waals surface area (Å²) in [5.74, 6) is 3.61. The molecule has 2 aliphatic carbocycles. The monoisotopic (exact) mass is 313 g/mol. The van der Waals surface area contributed by atoms with Gasteiger partial charge in [0.25, 0.3) is 0 Å². The number of ketones is 1. The molecule has 4 rings (SSSR count). The molecule has 0 bridgehead atoms. The fraction of sp³-hybridized carbons (Fsp3) is 0.650. The number of carbonyl (C=O) groups is 1. The largest absolute Gasteiger partial charge is 0.497 e. The molecule has 23 heavy (non-hydrogen) atoms. The molecule has 1 aromatic rings. The maximum atomic E-state index is 12.8. The van der Waals surface area contributed by atoms with Crippen molar-refractivity contribution in [1.82, 2.24) is 5.32 Å². The first-order chi connectivity index (χ1) is 11.3.